The predicted molar refractivity (Wildman–Crippen MR) is 219 cm³/mol. The van der Waals surface area contributed by atoms with Crippen LogP contribution in [0.3, 0.4) is 0 Å². The van der Waals surface area contributed by atoms with Crippen LogP contribution in [0.4, 0.5) is 0 Å². The standard InChI is InChI=1S/C47H54O10/c1-29(2)45(50)56-27-37(48)25-52-33(7)23-54-43-19-17-35(21-31(43)5)47(41-15-11-9-13-39(41)40-14-10-12-16-42(40)47)36-18-20-44(32(6)22-36)55-24-34(8)53-26-38(49)28-57-46(51)30(3)4/h9-22,33-34,37-38,48-49H,1,3,23-28H2,2,4-8H3. The fourth-order valence-corrected chi connectivity index (χ4v) is 6.86. The van der Waals surface area contributed by atoms with E-state index in [9.17, 15) is 19.8 Å². The van der Waals surface area contributed by atoms with Crippen LogP contribution in [0.2, 0.25) is 0 Å². The lowest BCUT2D eigenvalue weighted by molar-refractivity contribution is -0.144. The lowest BCUT2D eigenvalue weighted by atomic mass is 9.67. The molecule has 0 aromatic heterocycles. The van der Waals surface area contributed by atoms with Gasteiger partial charge in [-0.05, 0) is 98.2 Å². The number of hydrogen-bond donors (Lipinski definition) is 2. The van der Waals surface area contributed by atoms with Gasteiger partial charge in [0.1, 0.15) is 50.1 Å². The summed E-state index contributed by atoms with van der Waals surface area (Å²) in [6, 6.07) is 29.7. The minimum atomic E-state index is -0.968. The lowest BCUT2D eigenvalue weighted by Crippen LogP contribution is -2.29. The number of aryl methyl sites for hydroxylation is 2. The molecule has 57 heavy (non-hydrogen) atoms. The normalized spacial score (nSPS) is 14.7. The highest BCUT2D eigenvalue weighted by molar-refractivity contribution is 5.88. The van der Waals surface area contributed by atoms with Crippen molar-refractivity contribution in [1.29, 1.82) is 0 Å². The maximum atomic E-state index is 11.6. The molecule has 4 aromatic carbocycles. The molecule has 0 bridgehead atoms. The van der Waals surface area contributed by atoms with Crippen LogP contribution in [0, 0.1) is 13.8 Å². The number of benzene rings is 4. The van der Waals surface area contributed by atoms with E-state index in [4.69, 9.17) is 28.4 Å². The average molecular weight is 779 g/mol. The van der Waals surface area contributed by atoms with Crippen LogP contribution >= 0.6 is 0 Å². The first kappa shape index (κ1) is 42.9. The monoisotopic (exact) mass is 778 g/mol. The molecule has 0 amide bonds. The van der Waals surface area contributed by atoms with Gasteiger partial charge in [0, 0.05) is 11.1 Å². The Morgan fingerprint density at radius 1 is 0.596 bits per heavy atom. The topological polar surface area (TPSA) is 130 Å². The Morgan fingerprint density at radius 2 is 0.982 bits per heavy atom. The largest absolute Gasteiger partial charge is 0.491 e. The first-order valence-electron chi connectivity index (χ1n) is 19.1. The van der Waals surface area contributed by atoms with Gasteiger partial charge in [-0.2, -0.15) is 0 Å². The summed E-state index contributed by atoms with van der Waals surface area (Å²) in [5.41, 5.74) is 8.69. The highest BCUT2D eigenvalue weighted by Gasteiger charge is 2.46. The maximum absolute atomic E-state index is 11.6. The van der Waals surface area contributed by atoms with E-state index in [1.54, 1.807) is 13.8 Å². The molecule has 1 aliphatic carbocycles. The van der Waals surface area contributed by atoms with E-state index in [0.717, 1.165) is 33.8 Å². The Kier molecular flexibility index (Phi) is 14.5. The van der Waals surface area contributed by atoms with Gasteiger partial charge < -0.3 is 38.6 Å². The molecule has 0 spiro atoms. The first-order valence-corrected chi connectivity index (χ1v) is 19.1. The zero-order valence-corrected chi connectivity index (χ0v) is 33.7. The summed E-state index contributed by atoms with van der Waals surface area (Å²) >= 11 is 0. The number of rotatable bonds is 20. The van der Waals surface area contributed by atoms with Crippen molar-refractivity contribution in [3.8, 4) is 22.6 Å². The van der Waals surface area contributed by atoms with Crippen molar-refractivity contribution in [2.24, 2.45) is 0 Å². The zero-order valence-electron chi connectivity index (χ0n) is 33.7. The van der Waals surface area contributed by atoms with Crippen LogP contribution in [0.25, 0.3) is 11.1 Å². The molecule has 1 aliphatic rings. The van der Waals surface area contributed by atoms with Crippen LogP contribution in [0.15, 0.2) is 109 Å². The van der Waals surface area contributed by atoms with Gasteiger partial charge in [0.25, 0.3) is 0 Å². The molecule has 0 radical (unpaired) electrons. The summed E-state index contributed by atoms with van der Waals surface area (Å²) in [7, 11) is 0. The van der Waals surface area contributed by atoms with Crippen molar-refractivity contribution in [2.45, 2.75) is 71.4 Å². The second kappa shape index (κ2) is 19.3. The molecular weight excluding hydrogens is 725 g/mol. The number of aliphatic hydroxyl groups is 2. The third-order valence-corrected chi connectivity index (χ3v) is 9.77. The smallest absolute Gasteiger partial charge is 0.333 e. The van der Waals surface area contributed by atoms with Crippen LogP contribution in [-0.2, 0) is 34.0 Å². The number of carbonyl (C=O) groups is 2. The second-order valence-corrected chi connectivity index (χ2v) is 14.8. The molecule has 4 atom stereocenters. The number of ether oxygens (including phenoxy) is 6. The summed E-state index contributed by atoms with van der Waals surface area (Å²) in [5, 5.41) is 20.4. The predicted octanol–water partition coefficient (Wildman–Crippen LogP) is 7.19. The van der Waals surface area contributed by atoms with Crippen molar-refractivity contribution in [3.63, 3.8) is 0 Å². The molecule has 0 heterocycles. The molecule has 5 rings (SSSR count). The van der Waals surface area contributed by atoms with E-state index in [2.05, 4.69) is 86.0 Å². The molecule has 0 saturated carbocycles. The lowest BCUT2D eigenvalue weighted by Gasteiger charge is -2.34. The zero-order chi connectivity index (χ0) is 41.3. The van der Waals surface area contributed by atoms with Gasteiger partial charge in [0.15, 0.2) is 0 Å². The molecule has 4 aromatic rings. The van der Waals surface area contributed by atoms with E-state index in [1.165, 1.54) is 22.3 Å². The van der Waals surface area contributed by atoms with Gasteiger partial charge in [-0.15, -0.1) is 0 Å². The molecule has 0 fully saturated rings. The number of fused-ring (bicyclic) bond motifs is 3. The number of hydrogen-bond acceptors (Lipinski definition) is 10. The van der Waals surface area contributed by atoms with E-state index in [1.807, 2.05) is 39.8 Å². The Hall–Kier alpha value is -5.26. The van der Waals surface area contributed by atoms with Crippen molar-refractivity contribution >= 4 is 11.9 Å². The third kappa shape index (κ3) is 10.2. The Morgan fingerprint density at radius 3 is 1.35 bits per heavy atom. The Labute approximate surface area is 335 Å². The van der Waals surface area contributed by atoms with Crippen LogP contribution in [0.1, 0.15) is 61.1 Å². The van der Waals surface area contributed by atoms with Crippen molar-refractivity contribution in [3.05, 3.63) is 143 Å². The van der Waals surface area contributed by atoms with Gasteiger partial charge in [-0.1, -0.05) is 86.0 Å². The van der Waals surface area contributed by atoms with Crippen LogP contribution < -0.4 is 9.47 Å². The Bertz CT molecular complexity index is 1920. The van der Waals surface area contributed by atoms with E-state index in [-0.39, 0.29) is 63.0 Å². The average Bonchev–Trinajstić information content (AvgIpc) is 3.50. The number of esters is 2. The molecule has 10 heteroatoms. The molecule has 302 valence electrons. The quantitative estimate of drug-likeness (QED) is 0.0619. The maximum Gasteiger partial charge on any atom is 0.333 e. The Balaban J connectivity index is 1.33. The van der Waals surface area contributed by atoms with Crippen molar-refractivity contribution < 1.29 is 48.2 Å². The fraction of sp³-hybridized carbons (Fsp3) is 0.362. The summed E-state index contributed by atoms with van der Waals surface area (Å²) < 4.78 is 34.0. The minimum absolute atomic E-state index is 0.0101. The molecule has 10 nitrogen and oxygen atoms in total. The molecule has 0 saturated heterocycles. The molecule has 4 unspecified atom stereocenters. The van der Waals surface area contributed by atoms with Gasteiger partial charge in [0.05, 0.1) is 30.8 Å². The summed E-state index contributed by atoms with van der Waals surface area (Å²) in [4.78, 5) is 23.3. The number of aliphatic hydroxyl groups excluding tert-OH is 2. The van der Waals surface area contributed by atoms with Crippen LogP contribution in [-0.4, -0.2) is 86.2 Å². The fourth-order valence-electron chi connectivity index (χ4n) is 6.86. The van der Waals surface area contributed by atoms with Gasteiger partial charge >= 0.3 is 11.9 Å². The van der Waals surface area contributed by atoms with E-state index >= 15 is 0 Å². The van der Waals surface area contributed by atoms with Crippen molar-refractivity contribution in [2.75, 3.05) is 39.6 Å². The van der Waals surface area contributed by atoms with Gasteiger partial charge in [-0.3, -0.25) is 0 Å². The SMILES string of the molecule is C=C(C)C(=O)OCC(O)COC(C)COc1ccc(C2(c3ccc(OCC(C)OCC(O)COC(=O)C(=C)C)c(C)c3)c3ccccc3-c3ccccc32)cc1C. The molecular formula is C47H54O10. The highest BCUT2D eigenvalue weighted by Crippen LogP contribution is 2.56. The van der Waals surface area contributed by atoms with E-state index in [0.29, 0.717) is 0 Å². The third-order valence-electron chi connectivity index (χ3n) is 9.77. The van der Waals surface area contributed by atoms with E-state index < -0.39 is 29.6 Å². The second-order valence-electron chi connectivity index (χ2n) is 14.8. The minimum Gasteiger partial charge on any atom is -0.491 e. The number of carbonyl (C=O) groups excluding carboxylic acids is 2. The van der Waals surface area contributed by atoms with Gasteiger partial charge in [-0.25, -0.2) is 9.59 Å². The molecule has 2 N–H and O–H groups in total. The molecule has 0 aliphatic heterocycles. The van der Waals surface area contributed by atoms with Crippen molar-refractivity contribution in [1.82, 2.24) is 0 Å². The summed E-state index contributed by atoms with van der Waals surface area (Å²) in [6.07, 6.45) is -2.60. The van der Waals surface area contributed by atoms with Crippen LogP contribution in [0.5, 0.6) is 11.5 Å². The highest BCUT2D eigenvalue weighted by atomic mass is 16.6. The summed E-state index contributed by atoms with van der Waals surface area (Å²) in [6.45, 7) is 18.1. The summed E-state index contributed by atoms with van der Waals surface area (Å²) in [5.74, 6) is 0.330. The van der Waals surface area contributed by atoms with Gasteiger partial charge in [0.2, 0.25) is 0 Å². The first-order chi connectivity index (χ1) is 27.2.